The van der Waals surface area contributed by atoms with Gasteiger partial charge in [0, 0.05) is 37.9 Å². The van der Waals surface area contributed by atoms with Gasteiger partial charge >= 0.3 is 0 Å². The summed E-state index contributed by atoms with van der Waals surface area (Å²) in [6.45, 7) is 4.21. The number of hydrogen-bond acceptors (Lipinski definition) is 4. The molecule has 1 aliphatic heterocycles. The van der Waals surface area contributed by atoms with Crippen LogP contribution in [0.15, 0.2) is 23.8 Å². The summed E-state index contributed by atoms with van der Waals surface area (Å²) in [4.78, 5) is 31.5. The molecule has 138 valence electrons. The van der Waals surface area contributed by atoms with Crippen molar-refractivity contribution in [1.82, 2.24) is 14.5 Å². The molecule has 0 bridgehead atoms. The molecule has 2 aromatic heterocycles. The first-order valence-electron chi connectivity index (χ1n) is 9.47. The summed E-state index contributed by atoms with van der Waals surface area (Å²) >= 11 is 1.42. The van der Waals surface area contributed by atoms with Crippen molar-refractivity contribution in [2.24, 2.45) is 5.92 Å². The molecule has 0 radical (unpaired) electrons. The van der Waals surface area contributed by atoms with Crippen LogP contribution in [0.3, 0.4) is 0 Å². The van der Waals surface area contributed by atoms with Crippen molar-refractivity contribution in [1.29, 1.82) is 0 Å². The second-order valence-corrected chi connectivity index (χ2v) is 8.52. The highest BCUT2D eigenvalue weighted by molar-refractivity contribution is 7.12. The molecule has 2 aliphatic rings. The predicted octanol–water partition coefficient (Wildman–Crippen LogP) is 3.51. The second-order valence-electron chi connectivity index (χ2n) is 7.61. The van der Waals surface area contributed by atoms with Gasteiger partial charge in [-0.15, -0.1) is 11.3 Å². The number of amides is 1. The summed E-state index contributed by atoms with van der Waals surface area (Å²) in [6.07, 6.45) is 9.14. The number of imidazole rings is 1. The first-order chi connectivity index (χ1) is 12.6. The molecule has 5 nitrogen and oxygen atoms in total. The topological polar surface area (TPSA) is 55.2 Å². The van der Waals surface area contributed by atoms with Gasteiger partial charge in [-0.2, -0.15) is 0 Å². The van der Waals surface area contributed by atoms with Gasteiger partial charge in [-0.3, -0.25) is 9.59 Å². The predicted molar refractivity (Wildman–Crippen MR) is 102 cm³/mol. The molecular formula is C20H25N3O2S. The molecule has 4 rings (SSSR count). The Kier molecular flexibility index (Phi) is 4.94. The Bertz CT molecular complexity index is 806. The Balaban J connectivity index is 1.40. The Hall–Kier alpha value is -1.95. The van der Waals surface area contributed by atoms with Crippen LogP contribution in [0.25, 0.3) is 0 Å². The lowest BCUT2D eigenvalue weighted by molar-refractivity contribution is -0.131. The molecule has 1 saturated carbocycles. The number of carbonyl (C=O) groups excluding carboxylic acids is 2. The SMILES string of the molecule is CC(=O)c1cc(CC(=O)N2CCC[C@@H](c3nccn3CC3CC3)C2)cs1. The number of piperidine rings is 1. The third kappa shape index (κ3) is 3.90. The van der Waals surface area contributed by atoms with E-state index in [0.717, 1.165) is 54.7 Å². The smallest absolute Gasteiger partial charge is 0.227 e. The number of thiophene rings is 1. The lowest BCUT2D eigenvalue weighted by Gasteiger charge is -2.32. The van der Waals surface area contributed by atoms with Crippen molar-refractivity contribution >= 4 is 23.0 Å². The Labute approximate surface area is 158 Å². The van der Waals surface area contributed by atoms with E-state index < -0.39 is 0 Å². The van der Waals surface area contributed by atoms with Crippen molar-refractivity contribution in [3.8, 4) is 0 Å². The minimum absolute atomic E-state index is 0.0641. The van der Waals surface area contributed by atoms with Crippen LogP contribution in [-0.4, -0.2) is 39.2 Å². The van der Waals surface area contributed by atoms with E-state index in [1.165, 1.54) is 24.2 Å². The normalized spacial score (nSPS) is 20.3. The zero-order valence-electron chi connectivity index (χ0n) is 15.2. The van der Waals surface area contributed by atoms with Crippen molar-refractivity contribution in [3.63, 3.8) is 0 Å². The van der Waals surface area contributed by atoms with E-state index in [1.807, 2.05) is 22.5 Å². The van der Waals surface area contributed by atoms with E-state index in [0.29, 0.717) is 12.3 Å². The van der Waals surface area contributed by atoms with Gasteiger partial charge in [0.2, 0.25) is 5.91 Å². The maximum Gasteiger partial charge on any atom is 0.227 e. The van der Waals surface area contributed by atoms with Gasteiger partial charge in [-0.25, -0.2) is 4.98 Å². The molecule has 1 saturated heterocycles. The molecule has 2 aromatic rings. The van der Waals surface area contributed by atoms with E-state index in [2.05, 4.69) is 15.7 Å². The number of rotatable bonds is 6. The fraction of sp³-hybridized carbons (Fsp3) is 0.550. The van der Waals surface area contributed by atoms with Gasteiger partial charge in [0.25, 0.3) is 0 Å². The van der Waals surface area contributed by atoms with Gasteiger partial charge in [0.15, 0.2) is 5.78 Å². The summed E-state index contributed by atoms with van der Waals surface area (Å²) in [5.41, 5.74) is 0.947. The van der Waals surface area contributed by atoms with Gasteiger partial charge in [-0.1, -0.05) is 0 Å². The van der Waals surface area contributed by atoms with Gasteiger partial charge < -0.3 is 9.47 Å². The molecule has 0 N–H and O–H groups in total. The number of nitrogens with zero attached hydrogens (tertiary/aromatic N) is 3. The van der Waals surface area contributed by atoms with Crippen LogP contribution in [0, 0.1) is 5.92 Å². The van der Waals surface area contributed by atoms with Crippen molar-refractivity contribution in [2.75, 3.05) is 13.1 Å². The molecule has 26 heavy (non-hydrogen) atoms. The molecule has 2 fully saturated rings. The fourth-order valence-corrected chi connectivity index (χ4v) is 4.58. The molecule has 3 heterocycles. The summed E-state index contributed by atoms with van der Waals surface area (Å²) in [7, 11) is 0. The van der Waals surface area contributed by atoms with Crippen molar-refractivity contribution < 1.29 is 9.59 Å². The standard InChI is InChI=1S/C20H25N3O2S/c1-14(24)18-9-16(13-26-18)10-19(25)22-7-2-3-17(12-22)20-21-6-8-23(20)11-15-4-5-15/h6,8-9,13,15,17H,2-5,7,10-12H2,1H3/t17-/m1/s1. The zero-order chi connectivity index (χ0) is 18.1. The van der Waals surface area contributed by atoms with Crippen LogP contribution in [0.4, 0.5) is 0 Å². The number of ketones is 1. The maximum absolute atomic E-state index is 12.8. The largest absolute Gasteiger partial charge is 0.342 e. The van der Waals surface area contributed by atoms with Crippen LogP contribution in [0.5, 0.6) is 0 Å². The molecular weight excluding hydrogens is 346 g/mol. The number of hydrogen-bond donors (Lipinski definition) is 0. The minimum Gasteiger partial charge on any atom is -0.342 e. The summed E-state index contributed by atoms with van der Waals surface area (Å²) in [5, 5.41) is 1.93. The Morgan fingerprint density at radius 3 is 2.88 bits per heavy atom. The van der Waals surface area contributed by atoms with Crippen LogP contribution in [0.1, 0.15) is 59.6 Å². The molecule has 1 amide bonds. The molecule has 0 spiro atoms. The van der Waals surface area contributed by atoms with Crippen LogP contribution < -0.4 is 0 Å². The Morgan fingerprint density at radius 1 is 1.31 bits per heavy atom. The molecule has 6 heteroatoms. The zero-order valence-corrected chi connectivity index (χ0v) is 16.0. The quantitative estimate of drug-likeness (QED) is 0.730. The van der Waals surface area contributed by atoms with Gasteiger partial charge in [-0.05, 0) is 55.5 Å². The van der Waals surface area contributed by atoms with E-state index in [9.17, 15) is 9.59 Å². The summed E-state index contributed by atoms with van der Waals surface area (Å²) in [5.74, 6) is 2.51. The number of aromatic nitrogens is 2. The fourth-order valence-electron chi connectivity index (χ4n) is 3.77. The van der Waals surface area contributed by atoms with Crippen LogP contribution in [-0.2, 0) is 17.8 Å². The molecule has 1 aliphatic carbocycles. The highest BCUT2D eigenvalue weighted by atomic mass is 32.1. The summed E-state index contributed by atoms with van der Waals surface area (Å²) in [6, 6.07) is 1.86. The first kappa shape index (κ1) is 17.5. The van der Waals surface area contributed by atoms with Gasteiger partial charge in [0.05, 0.1) is 11.3 Å². The molecule has 0 aromatic carbocycles. The number of carbonyl (C=O) groups is 2. The Morgan fingerprint density at radius 2 is 2.15 bits per heavy atom. The second kappa shape index (κ2) is 7.35. The van der Waals surface area contributed by atoms with E-state index >= 15 is 0 Å². The van der Waals surface area contributed by atoms with E-state index in [1.54, 1.807) is 6.92 Å². The van der Waals surface area contributed by atoms with Crippen LogP contribution in [0.2, 0.25) is 0 Å². The highest BCUT2D eigenvalue weighted by Crippen LogP contribution is 2.33. The summed E-state index contributed by atoms with van der Waals surface area (Å²) < 4.78 is 2.30. The maximum atomic E-state index is 12.8. The van der Waals surface area contributed by atoms with Gasteiger partial charge in [0.1, 0.15) is 5.82 Å². The van der Waals surface area contributed by atoms with Crippen LogP contribution >= 0.6 is 11.3 Å². The average molecular weight is 372 g/mol. The van der Waals surface area contributed by atoms with Crippen molar-refractivity contribution in [2.45, 2.75) is 51.5 Å². The third-order valence-electron chi connectivity index (χ3n) is 5.39. The van der Waals surface area contributed by atoms with Crippen molar-refractivity contribution in [3.05, 3.63) is 40.1 Å². The molecule has 0 unspecified atom stereocenters. The van der Waals surface area contributed by atoms with E-state index in [-0.39, 0.29) is 11.7 Å². The third-order valence-corrected chi connectivity index (χ3v) is 6.47. The molecule has 1 atom stereocenters. The number of Topliss-reactive ketones (excluding diaryl/α,β-unsaturated/α-hetero) is 1. The number of likely N-dealkylation sites (tertiary alicyclic amines) is 1. The van der Waals surface area contributed by atoms with E-state index in [4.69, 9.17) is 0 Å². The minimum atomic E-state index is 0.0641. The average Bonchev–Trinajstić information content (AvgIpc) is 3.12. The monoisotopic (exact) mass is 371 g/mol. The first-order valence-corrected chi connectivity index (χ1v) is 10.4. The highest BCUT2D eigenvalue weighted by Gasteiger charge is 2.29. The lowest BCUT2D eigenvalue weighted by Crippen LogP contribution is -2.40. The lowest BCUT2D eigenvalue weighted by atomic mass is 9.96.